The fourth-order valence-electron chi connectivity index (χ4n) is 1.16. The maximum Gasteiger partial charge on any atom is 0.414 e. The van der Waals surface area contributed by atoms with Crippen molar-refractivity contribution in [2.75, 3.05) is 14.2 Å². The van der Waals surface area contributed by atoms with Gasteiger partial charge in [-0.05, 0) is 6.42 Å². The number of methoxy groups -OCH3 is 2. The zero-order chi connectivity index (χ0) is 9.84. The van der Waals surface area contributed by atoms with Crippen LogP contribution in [0, 0.1) is 0 Å². The molecule has 0 saturated heterocycles. The van der Waals surface area contributed by atoms with Crippen LogP contribution in [0.5, 0.6) is 0 Å². The molecule has 0 saturated carbocycles. The molecule has 13 heavy (non-hydrogen) atoms. The highest BCUT2D eigenvalue weighted by Gasteiger charge is 2.32. The lowest BCUT2D eigenvalue weighted by molar-refractivity contribution is -0.144. The Morgan fingerprint density at radius 2 is 2.08 bits per heavy atom. The summed E-state index contributed by atoms with van der Waals surface area (Å²) in [6.45, 7) is 0. The van der Waals surface area contributed by atoms with Gasteiger partial charge in [-0.3, -0.25) is 4.90 Å². The summed E-state index contributed by atoms with van der Waals surface area (Å²) in [6.07, 6.45) is 3.16. The van der Waals surface area contributed by atoms with E-state index < -0.39 is 18.1 Å². The van der Waals surface area contributed by atoms with E-state index >= 15 is 0 Å². The molecule has 1 aliphatic heterocycles. The Bertz CT molecular complexity index is 249. The Balaban J connectivity index is 2.67. The number of carbonyl (C=O) groups excluding carboxylic acids is 2. The fourth-order valence-corrected chi connectivity index (χ4v) is 1.16. The van der Waals surface area contributed by atoms with E-state index in [-0.39, 0.29) is 0 Å². The first-order valence-electron chi connectivity index (χ1n) is 3.81. The molecule has 0 aromatic carbocycles. The lowest BCUT2D eigenvalue weighted by Crippen LogP contribution is -2.39. The summed E-state index contributed by atoms with van der Waals surface area (Å²) in [5, 5.41) is 0. The predicted octanol–water partition coefficient (Wildman–Crippen LogP) is 0.514. The molecule has 1 heterocycles. The van der Waals surface area contributed by atoms with Crippen LogP contribution in [-0.2, 0) is 14.3 Å². The second kappa shape index (κ2) is 3.93. The molecule has 0 radical (unpaired) electrons. The second-order valence-corrected chi connectivity index (χ2v) is 2.54. The van der Waals surface area contributed by atoms with E-state index in [1.807, 2.05) is 0 Å². The van der Waals surface area contributed by atoms with Gasteiger partial charge in [-0.15, -0.1) is 0 Å². The van der Waals surface area contributed by atoms with Crippen LogP contribution in [0.2, 0.25) is 0 Å². The summed E-state index contributed by atoms with van der Waals surface area (Å²) >= 11 is 0. The summed E-state index contributed by atoms with van der Waals surface area (Å²) < 4.78 is 9.02. The molecule has 5 nitrogen and oxygen atoms in total. The Hall–Kier alpha value is -1.52. The maximum absolute atomic E-state index is 11.1. The molecule has 0 fully saturated rings. The van der Waals surface area contributed by atoms with Crippen molar-refractivity contribution in [2.24, 2.45) is 0 Å². The van der Waals surface area contributed by atoms with E-state index in [0.717, 1.165) is 0 Å². The van der Waals surface area contributed by atoms with Crippen molar-refractivity contribution in [3.63, 3.8) is 0 Å². The highest BCUT2D eigenvalue weighted by molar-refractivity contribution is 5.83. The van der Waals surface area contributed by atoms with Crippen molar-refractivity contribution in [1.29, 1.82) is 0 Å². The van der Waals surface area contributed by atoms with Crippen LogP contribution in [0.3, 0.4) is 0 Å². The highest BCUT2D eigenvalue weighted by Crippen LogP contribution is 2.16. The van der Waals surface area contributed by atoms with Gasteiger partial charge < -0.3 is 9.47 Å². The minimum Gasteiger partial charge on any atom is -0.467 e. The number of ether oxygens (including phenoxy) is 2. The third-order valence-electron chi connectivity index (χ3n) is 1.82. The van der Waals surface area contributed by atoms with Gasteiger partial charge in [-0.2, -0.15) is 0 Å². The topological polar surface area (TPSA) is 55.8 Å². The number of rotatable bonds is 1. The zero-order valence-corrected chi connectivity index (χ0v) is 7.52. The van der Waals surface area contributed by atoms with Crippen molar-refractivity contribution in [2.45, 2.75) is 12.5 Å². The van der Waals surface area contributed by atoms with Gasteiger partial charge in [-0.25, -0.2) is 9.59 Å². The van der Waals surface area contributed by atoms with Gasteiger partial charge >= 0.3 is 12.1 Å². The van der Waals surface area contributed by atoms with Crippen LogP contribution in [0.25, 0.3) is 0 Å². The first-order valence-corrected chi connectivity index (χ1v) is 3.81. The molecule has 0 aliphatic carbocycles. The fraction of sp³-hybridized carbons (Fsp3) is 0.500. The summed E-state index contributed by atoms with van der Waals surface area (Å²) in [7, 11) is 2.55. The molecule has 0 bridgehead atoms. The minimum absolute atomic E-state index is 0.435. The van der Waals surface area contributed by atoms with Gasteiger partial charge in [0.05, 0.1) is 14.2 Å². The second-order valence-electron chi connectivity index (χ2n) is 2.54. The SMILES string of the molecule is COC(=O)[C@@H]1CC=CN1C(=O)OC. The van der Waals surface area contributed by atoms with Crippen LogP contribution in [0.15, 0.2) is 12.3 Å². The van der Waals surface area contributed by atoms with E-state index in [4.69, 9.17) is 0 Å². The number of hydrogen-bond donors (Lipinski definition) is 0. The van der Waals surface area contributed by atoms with Crippen LogP contribution >= 0.6 is 0 Å². The number of carbonyl (C=O) groups is 2. The van der Waals surface area contributed by atoms with Gasteiger partial charge in [-0.1, -0.05) is 6.08 Å². The minimum atomic E-state index is -0.572. The van der Waals surface area contributed by atoms with Gasteiger partial charge in [0.15, 0.2) is 0 Å². The van der Waals surface area contributed by atoms with Crippen LogP contribution < -0.4 is 0 Å². The molecule has 0 N–H and O–H groups in total. The van der Waals surface area contributed by atoms with Crippen molar-refractivity contribution < 1.29 is 19.1 Å². The van der Waals surface area contributed by atoms with Crippen LogP contribution in [0.1, 0.15) is 6.42 Å². The lowest BCUT2D eigenvalue weighted by Gasteiger charge is -2.19. The number of nitrogens with zero attached hydrogens (tertiary/aromatic N) is 1. The van der Waals surface area contributed by atoms with Crippen molar-refractivity contribution >= 4 is 12.1 Å². The first-order chi connectivity index (χ1) is 6.20. The van der Waals surface area contributed by atoms with Crippen molar-refractivity contribution in [3.8, 4) is 0 Å². The molecular weight excluding hydrogens is 174 g/mol. The average Bonchev–Trinajstić information content (AvgIpc) is 2.63. The molecule has 1 atom stereocenters. The number of esters is 1. The Kier molecular flexibility index (Phi) is 2.89. The molecule has 0 aromatic heterocycles. The van der Waals surface area contributed by atoms with E-state index in [1.54, 1.807) is 6.08 Å². The Labute approximate surface area is 75.9 Å². The monoisotopic (exact) mass is 185 g/mol. The molecule has 0 unspecified atom stereocenters. The van der Waals surface area contributed by atoms with E-state index in [1.165, 1.54) is 25.3 Å². The van der Waals surface area contributed by atoms with Gasteiger partial charge in [0, 0.05) is 6.20 Å². The van der Waals surface area contributed by atoms with Crippen molar-refractivity contribution in [3.05, 3.63) is 12.3 Å². The molecule has 5 heteroatoms. The molecule has 0 aromatic rings. The van der Waals surface area contributed by atoms with Gasteiger partial charge in [0.25, 0.3) is 0 Å². The predicted molar refractivity (Wildman–Crippen MR) is 43.8 cm³/mol. The van der Waals surface area contributed by atoms with E-state index in [2.05, 4.69) is 9.47 Å². The standard InChI is InChI=1S/C8H11NO4/c1-12-7(10)6-4-3-5-9(6)8(11)13-2/h3,5-6H,4H2,1-2H3/t6-/m0/s1. The smallest absolute Gasteiger partial charge is 0.414 e. The quantitative estimate of drug-likeness (QED) is 0.558. The normalized spacial score (nSPS) is 20.2. The summed E-state index contributed by atoms with van der Waals surface area (Å²) in [5.74, 6) is -0.435. The summed E-state index contributed by atoms with van der Waals surface area (Å²) in [6, 6.07) is -0.572. The molecule has 1 rings (SSSR count). The molecule has 0 spiro atoms. The third-order valence-corrected chi connectivity index (χ3v) is 1.82. The molecule has 1 aliphatic rings. The summed E-state index contributed by atoms with van der Waals surface area (Å²) in [4.78, 5) is 23.4. The van der Waals surface area contributed by atoms with E-state index in [9.17, 15) is 9.59 Å². The number of hydrogen-bond acceptors (Lipinski definition) is 4. The lowest BCUT2D eigenvalue weighted by atomic mass is 10.2. The van der Waals surface area contributed by atoms with Crippen LogP contribution in [0.4, 0.5) is 4.79 Å². The molecule has 72 valence electrons. The van der Waals surface area contributed by atoms with Crippen molar-refractivity contribution in [1.82, 2.24) is 4.90 Å². The first kappa shape index (κ1) is 9.57. The summed E-state index contributed by atoms with van der Waals surface area (Å²) in [5.41, 5.74) is 0. The zero-order valence-electron chi connectivity index (χ0n) is 7.52. The maximum atomic E-state index is 11.1. The average molecular weight is 185 g/mol. The van der Waals surface area contributed by atoms with Crippen LogP contribution in [-0.4, -0.2) is 37.2 Å². The van der Waals surface area contributed by atoms with E-state index in [0.29, 0.717) is 6.42 Å². The van der Waals surface area contributed by atoms with Gasteiger partial charge in [0.1, 0.15) is 6.04 Å². The largest absolute Gasteiger partial charge is 0.467 e. The number of amides is 1. The van der Waals surface area contributed by atoms with Gasteiger partial charge in [0.2, 0.25) is 0 Å². The Morgan fingerprint density at radius 1 is 1.38 bits per heavy atom. The highest BCUT2D eigenvalue weighted by atomic mass is 16.5. The Morgan fingerprint density at radius 3 is 2.62 bits per heavy atom. The molecular formula is C8H11NO4. The molecule has 1 amide bonds. The third kappa shape index (κ3) is 1.80.